The molecule has 11 heteroatoms. The molecule has 2 N–H and O–H groups in total. The molecule has 0 unspecified atom stereocenters. The zero-order chi connectivity index (χ0) is 19.9. The zero-order valence-corrected chi connectivity index (χ0v) is 21.1. The van der Waals surface area contributed by atoms with Crippen molar-refractivity contribution in [3.8, 4) is 0 Å². The summed E-state index contributed by atoms with van der Waals surface area (Å²) < 4.78 is 26.0. The fourth-order valence-corrected chi connectivity index (χ4v) is 5.20. The van der Waals surface area contributed by atoms with E-state index in [0.29, 0.717) is 26.1 Å². The van der Waals surface area contributed by atoms with Crippen LogP contribution in [0.4, 0.5) is 5.13 Å². The van der Waals surface area contributed by atoms with Gasteiger partial charge in [0.05, 0.1) is 18.0 Å². The lowest BCUT2D eigenvalue weighted by Gasteiger charge is -2.32. The van der Waals surface area contributed by atoms with Crippen LogP contribution in [0.2, 0.25) is 0 Å². The molecule has 2 heterocycles. The number of nitrogens with zero attached hydrogens (tertiary/aromatic N) is 4. The van der Waals surface area contributed by atoms with Crippen molar-refractivity contribution >= 4 is 56.4 Å². The number of aromatic nitrogens is 1. The summed E-state index contributed by atoms with van der Waals surface area (Å²) in [6.07, 6.45) is 2.23. The minimum Gasteiger partial charge on any atom is -0.357 e. The number of hydrogen-bond acceptors (Lipinski definition) is 6. The average molecular weight is 545 g/mol. The van der Waals surface area contributed by atoms with Gasteiger partial charge in [0.1, 0.15) is 0 Å². The summed E-state index contributed by atoms with van der Waals surface area (Å²) in [6.45, 7) is 6.35. The highest BCUT2D eigenvalue weighted by molar-refractivity contribution is 14.0. The van der Waals surface area contributed by atoms with Crippen molar-refractivity contribution in [2.75, 3.05) is 44.4 Å². The van der Waals surface area contributed by atoms with Gasteiger partial charge < -0.3 is 15.5 Å². The van der Waals surface area contributed by atoms with E-state index < -0.39 is 10.0 Å². The van der Waals surface area contributed by atoms with E-state index in [-0.39, 0.29) is 35.8 Å². The highest BCUT2D eigenvalue weighted by Gasteiger charge is 2.27. The first-order valence-corrected chi connectivity index (χ1v) is 12.0. The molecule has 0 aliphatic carbocycles. The zero-order valence-electron chi connectivity index (χ0n) is 17.1. The molecule has 0 radical (unpaired) electrons. The molecule has 1 saturated heterocycles. The molecule has 1 aromatic heterocycles. The number of sulfonamides is 1. The molecule has 1 fully saturated rings. The highest BCUT2D eigenvalue weighted by Crippen LogP contribution is 2.18. The Kier molecular flexibility index (Phi) is 11.0. The molecule has 2 rings (SSSR count). The monoisotopic (exact) mass is 544 g/mol. The van der Waals surface area contributed by atoms with E-state index in [2.05, 4.69) is 20.6 Å². The van der Waals surface area contributed by atoms with Gasteiger partial charge in [0.15, 0.2) is 11.1 Å². The summed E-state index contributed by atoms with van der Waals surface area (Å²) in [6, 6.07) is 0.226. The molecule has 0 spiro atoms. The Morgan fingerprint density at radius 1 is 1.36 bits per heavy atom. The standard InChI is InChI=1S/C17H32N6O2S2.HI/c1-5-11-27(24,25)23-9-7-14(8-10-23)20-16(18-6-2)19-12-15-13-26-17(21-15)22(3)4;/h13-14H,5-12H2,1-4H3,(H2,18,19,20);1H. The lowest BCUT2D eigenvalue weighted by molar-refractivity contribution is 0.306. The molecule has 0 bridgehead atoms. The van der Waals surface area contributed by atoms with E-state index >= 15 is 0 Å². The molecule has 0 atom stereocenters. The maximum atomic E-state index is 12.2. The molecular formula is C17H33IN6O2S2. The van der Waals surface area contributed by atoms with Gasteiger partial charge in [0.2, 0.25) is 10.0 Å². The molecule has 1 aromatic rings. The van der Waals surface area contributed by atoms with Gasteiger partial charge in [0.25, 0.3) is 0 Å². The number of piperidine rings is 1. The maximum absolute atomic E-state index is 12.2. The van der Waals surface area contributed by atoms with Crippen molar-refractivity contribution in [1.29, 1.82) is 0 Å². The quantitative estimate of drug-likeness (QED) is 0.296. The van der Waals surface area contributed by atoms with Gasteiger partial charge in [0, 0.05) is 45.2 Å². The Labute approximate surface area is 190 Å². The normalized spacial score (nSPS) is 16.5. The van der Waals surface area contributed by atoms with E-state index in [4.69, 9.17) is 0 Å². The summed E-state index contributed by atoms with van der Waals surface area (Å²) >= 11 is 1.61. The van der Waals surface area contributed by atoms with Crippen molar-refractivity contribution in [1.82, 2.24) is 19.9 Å². The molecule has 0 saturated carbocycles. The van der Waals surface area contributed by atoms with Crippen molar-refractivity contribution in [2.45, 2.75) is 45.7 Å². The Hall–Kier alpha value is -0.660. The van der Waals surface area contributed by atoms with Crippen molar-refractivity contribution < 1.29 is 8.42 Å². The second-order valence-electron chi connectivity index (χ2n) is 6.84. The minimum atomic E-state index is -3.10. The van der Waals surface area contributed by atoms with Crippen LogP contribution >= 0.6 is 35.3 Å². The van der Waals surface area contributed by atoms with Crippen LogP contribution in [-0.4, -0.2) is 69.2 Å². The van der Waals surface area contributed by atoms with Crippen LogP contribution in [0.1, 0.15) is 38.8 Å². The van der Waals surface area contributed by atoms with Gasteiger partial charge in [-0.05, 0) is 26.2 Å². The summed E-state index contributed by atoms with van der Waals surface area (Å²) in [5, 5.41) is 9.71. The maximum Gasteiger partial charge on any atom is 0.214 e. The number of halogens is 1. The third kappa shape index (κ3) is 7.64. The summed E-state index contributed by atoms with van der Waals surface area (Å²) in [5.41, 5.74) is 0.946. The first kappa shape index (κ1) is 25.4. The first-order valence-electron chi connectivity index (χ1n) is 9.50. The minimum absolute atomic E-state index is 0. The molecule has 0 amide bonds. The van der Waals surface area contributed by atoms with Crippen LogP contribution in [0, 0.1) is 0 Å². The van der Waals surface area contributed by atoms with Gasteiger partial charge in [-0.15, -0.1) is 35.3 Å². The third-order valence-electron chi connectivity index (χ3n) is 4.32. The number of anilines is 1. The molecule has 1 aliphatic rings. The van der Waals surface area contributed by atoms with Crippen LogP contribution in [0.5, 0.6) is 0 Å². The van der Waals surface area contributed by atoms with Gasteiger partial charge in [-0.2, -0.15) is 0 Å². The molecule has 28 heavy (non-hydrogen) atoms. The van der Waals surface area contributed by atoms with Crippen LogP contribution in [0.3, 0.4) is 0 Å². The van der Waals surface area contributed by atoms with E-state index in [0.717, 1.165) is 36.2 Å². The van der Waals surface area contributed by atoms with Crippen LogP contribution in [-0.2, 0) is 16.6 Å². The predicted octanol–water partition coefficient (Wildman–Crippen LogP) is 2.09. The summed E-state index contributed by atoms with van der Waals surface area (Å²) in [7, 11) is 0.856. The van der Waals surface area contributed by atoms with Gasteiger partial charge in [-0.1, -0.05) is 6.92 Å². The van der Waals surface area contributed by atoms with Crippen molar-refractivity contribution in [2.24, 2.45) is 4.99 Å². The predicted molar refractivity (Wildman–Crippen MR) is 128 cm³/mol. The van der Waals surface area contributed by atoms with Gasteiger partial charge in [-0.3, -0.25) is 0 Å². The average Bonchev–Trinajstić information content (AvgIpc) is 3.10. The second-order valence-corrected chi connectivity index (χ2v) is 9.77. The van der Waals surface area contributed by atoms with Gasteiger partial charge in [-0.25, -0.2) is 22.7 Å². The topological polar surface area (TPSA) is 89.9 Å². The summed E-state index contributed by atoms with van der Waals surface area (Å²) in [5.74, 6) is 0.990. The Balaban J connectivity index is 0.00000392. The van der Waals surface area contributed by atoms with Crippen molar-refractivity contribution in [3.05, 3.63) is 11.1 Å². The molecule has 1 aliphatic heterocycles. The number of aliphatic imine (C=N–C) groups is 1. The molecular weight excluding hydrogens is 511 g/mol. The second kappa shape index (κ2) is 12.1. The van der Waals surface area contributed by atoms with E-state index in [9.17, 15) is 8.42 Å². The summed E-state index contributed by atoms with van der Waals surface area (Å²) in [4.78, 5) is 11.2. The third-order valence-corrected chi connectivity index (χ3v) is 7.45. The largest absolute Gasteiger partial charge is 0.357 e. The smallest absolute Gasteiger partial charge is 0.214 e. The highest BCUT2D eigenvalue weighted by atomic mass is 127. The van der Waals surface area contributed by atoms with Crippen LogP contribution in [0.25, 0.3) is 0 Å². The number of rotatable bonds is 8. The Morgan fingerprint density at radius 3 is 2.57 bits per heavy atom. The molecule has 8 nitrogen and oxygen atoms in total. The van der Waals surface area contributed by atoms with Gasteiger partial charge >= 0.3 is 0 Å². The lowest BCUT2D eigenvalue weighted by Crippen LogP contribution is -2.50. The number of guanidine groups is 1. The number of hydrogen-bond donors (Lipinski definition) is 2. The lowest BCUT2D eigenvalue weighted by atomic mass is 10.1. The molecule has 162 valence electrons. The first-order chi connectivity index (χ1) is 12.9. The van der Waals surface area contributed by atoms with E-state index in [1.54, 1.807) is 15.6 Å². The van der Waals surface area contributed by atoms with E-state index in [1.165, 1.54) is 0 Å². The number of nitrogens with one attached hydrogen (secondary N) is 2. The van der Waals surface area contributed by atoms with Crippen LogP contribution < -0.4 is 15.5 Å². The van der Waals surface area contributed by atoms with Crippen molar-refractivity contribution in [3.63, 3.8) is 0 Å². The number of thiazole rings is 1. The Bertz CT molecular complexity index is 715. The van der Waals surface area contributed by atoms with Crippen LogP contribution in [0.15, 0.2) is 10.4 Å². The van der Waals surface area contributed by atoms with E-state index in [1.807, 2.05) is 38.2 Å². The fraction of sp³-hybridized carbons (Fsp3) is 0.765. The molecule has 0 aromatic carbocycles. The fourth-order valence-electron chi connectivity index (χ4n) is 2.91. The SMILES string of the molecule is CCCS(=O)(=O)N1CCC(NC(=NCc2csc(N(C)C)n2)NCC)CC1.I. The Morgan fingerprint density at radius 2 is 2.04 bits per heavy atom.